The fourth-order valence-electron chi connectivity index (χ4n) is 2.51. The fraction of sp³-hybridized carbons (Fsp3) is 0.684. The number of hydrogen-bond donors (Lipinski definition) is 1. The molecule has 0 spiro atoms. The average molecular weight is 275 g/mol. The highest BCUT2D eigenvalue weighted by Gasteiger charge is 2.14. The Morgan fingerprint density at radius 1 is 1.05 bits per heavy atom. The highest BCUT2D eigenvalue weighted by molar-refractivity contribution is 5.25. The van der Waals surface area contributed by atoms with Crippen molar-refractivity contribution in [2.45, 2.75) is 72.3 Å². The fourth-order valence-corrected chi connectivity index (χ4v) is 2.51. The first-order chi connectivity index (χ1) is 9.31. The van der Waals surface area contributed by atoms with Crippen molar-refractivity contribution < 1.29 is 0 Å². The normalized spacial score (nSPS) is 13.8. The molecule has 0 bridgehead atoms. The molecule has 0 aliphatic heterocycles. The van der Waals surface area contributed by atoms with Crippen LogP contribution in [0.4, 0.5) is 0 Å². The van der Waals surface area contributed by atoms with E-state index in [-0.39, 0.29) is 5.54 Å². The van der Waals surface area contributed by atoms with Gasteiger partial charge in [-0.3, -0.25) is 0 Å². The molecule has 0 radical (unpaired) electrons. The summed E-state index contributed by atoms with van der Waals surface area (Å²) in [5.74, 6) is 1.36. The highest BCUT2D eigenvalue weighted by Crippen LogP contribution is 2.19. The summed E-state index contributed by atoms with van der Waals surface area (Å²) < 4.78 is 0. The largest absolute Gasteiger partial charge is 0.312 e. The van der Waals surface area contributed by atoms with Gasteiger partial charge in [-0.2, -0.15) is 0 Å². The minimum atomic E-state index is 0.216. The minimum Gasteiger partial charge on any atom is -0.312 e. The van der Waals surface area contributed by atoms with Crippen LogP contribution in [0.1, 0.15) is 71.4 Å². The van der Waals surface area contributed by atoms with Crippen molar-refractivity contribution in [1.29, 1.82) is 0 Å². The topological polar surface area (TPSA) is 12.0 Å². The maximum Gasteiger partial charge on any atom is 0.00966 e. The number of nitrogens with one attached hydrogen (secondary N) is 1. The quantitative estimate of drug-likeness (QED) is 0.725. The summed E-state index contributed by atoms with van der Waals surface area (Å²) in [6.07, 6.45) is 3.75. The van der Waals surface area contributed by atoms with E-state index in [4.69, 9.17) is 0 Å². The Morgan fingerprint density at radius 3 is 2.10 bits per heavy atom. The van der Waals surface area contributed by atoms with Crippen molar-refractivity contribution in [3.05, 3.63) is 35.4 Å². The van der Waals surface area contributed by atoms with E-state index in [0.717, 1.165) is 12.5 Å². The maximum atomic E-state index is 3.66. The van der Waals surface area contributed by atoms with Crippen molar-refractivity contribution in [3.8, 4) is 0 Å². The second-order valence-corrected chi connectivity index (χ2v) is 7.39. The molecule has 1 aromatic carbocycles. The third-order valence-electron chi connectivity index (χ3n) is 3.79. The van der Waals surface area contributed by atoms with Gasteiger partial charge in [0.2, 0.25) is 0 Å². The summed E-state index contributed by atoms with van der Waals surface area (Å²) in [5, 5.41) is 3.66. The van der Waals surface area contributed by atoms with Crippen LogP contribution in [0.2, 0.25) is 0 Å². The van der Waals surface area contributed by atoms with Gasteiger partial charge < -0.3 is 5.32 Å². The summed E-state index contributed by atoms with van der Waals surface area (Å²) in [6.45, 7) is 14.6. The van der Waals surface area contributed by atoms with Crippen molar-refractivity contribution in [3.63, 3.8) is 0 Å². The first-order valence-corrected chi connectivity index (χ1v) is 8.15. The Kier molecular flexibility index (Phi) is 6.75. The molecule has 0 saturated heterocycles. The molecule has 0 saturated carbocycles. The van der Waals surface area contributed by atoms with Gasteiger partial charge >= 0.3 is 0 Å². The zero-order valence-corrected chi connectivity index (χ0v) is 14.3. The van der Waals surface area contributed by atoms with E-state index in [2.05, 4.69) is 71.1 Å². The molecule has 0 aliphatic rings. The van der Waals surface area contributed by atoms with Crippen LogP contribution in [0.3, 0.4) is 0 Å². The highest BCUT2D eigenvalue weighted by atomic mass is 14.9. The van der Waals surface area contributed by atoms with Gasteiger partial charge in [-0.1, -0.05) is 51.5 Å². The predicted octanol–water partition coefficient (Wildman–Crippen LogP) is 5.16. The maximum absolute atomic E-state index is 3.66. The summed E-state index contributed by atoms with van der Waals surface area (Å²) in [5.41, 5.74) is 3.13. The first-order valence-electron chi connectivity index (χ1n) is 8.15. The molecule has 1 aromatic rings. The Morgan fingerprint density at radius 2 is 1.65 bits per heavy atom. The number of rotatable bonds is 7. The van der Waals surface area contributed by atoms with Crippen molar-refractivity contribution in [1.82, 2.24) is 5.32 Å². The van der Waals surface area contributed by atoms with Crippen LogP contribution in [0.15, 0.2) is 24.3 Å². The molecule has 0 heterocycles. The van der Waals surface area contributed by atoms with Gasteiger partial charge in [-0.25, -0.2) is 0 Å². The molecular weight excluding hydrogens is 242 g/mol. The Balaban J connectivity index is 2.60. The zero-order valence-electron chi connectivity index (χ0n) is 14.3. The van der Waals surface area contributed by atoms with Crippen LogP contribution < -0.4 is 5.32 Å². The molecule has 0 aliphatic carbocycles. The van der Waals surface area contributed by atoms with Gasteiger partial charge in [0.25, 0.3) is 0 Å². The van der Waals surface area contributed by atoms with E-state index in [1.807, 2.05) is 0 Å². The molecule has 0 fully saturated rings. The van der Waals surface area contributed by atoms with E-state index in [0.29, 0.717) is 5.92 Å². The van der Waals surface area contributed by atoms with Crippen LogP contribution in [-0.4, -0.2) is 12.1 Å². The lowest BCUT2D eigenvalue weighted by Gasteiger charge is -2.25. The van der Waals surface area contributed by atoms with Gasteiger partial charge in [0.05, 0.1) is 0 Å². The van der Waals surface area contributed by atoms with Crippen LogP contribution in [0, 0.1) is 5.92 Å². The number of hydrogen-bond acceptors (Lipinski definition) is 1. The van der Waals surface area contributed by atoms with E-state index in [1.165, 1.54) is 30.4 Å². The summed E-state index contributed by atoms with van der Waals surface area (Å²) in [6, 6.07) is 9.21. The van der Waals surface area contributed by atoms with E-state index >= 15 is 0 Å². The molecule has 1 N–H and O–H groups in total. The smallest absolute Gasteiger partial charge is 0.00966 e. The molecule has 1 atom stereocenters. The zero-order chi connectivity index (χ0) is 15.2. The van der Waals surface area contributed by atoms with Crippen molar-refractivity contribution >= 4 is 0 Å². The van der Waals surface area contributed by atoms with Gasteiger partial charge in [0.15, 0.2) is 0 Å². The lowest BCUT2D eigenvalue weighted by atomic mass is 9.92. The van der Waals surface area contributed by atoms with E-state index in [9.17, 15) is 0 Å². The van der Waals surface area contributed by atoms with Crippen LogP contribution >= 0.6 is 0 Å². The summed E-state index contributed by atoms with van der Waals surface area (Å²) >= 11 is 0. The second kappa shape index (κ2) is 7.83. The van der Waals surface area contributed by atoms with Crippen molar-refractivity contribution in [2.75, 3.05) is 6.54 Å². The molecule has 1 unspecified atom stereocenters. The van der Waals surface area contributed by atoms with Crippen LogP contribution in [-0.2, 0) is 6.42 Å². The molecule has 0 amide bonds. The lowest BCUT2D eigenvalue weighted by molar-refractivity contribution is 0.355. The molecule has 20 heavy (non-hydrogen) atoms. The Labute approximate surface area is 126 Å². The van der Waals surface area contributed by atoms with Crippen LogP contribution in [0.25, 0.3) is 0 Å². The lowest BCUT2D eigenvalue weighted by Crippen LogP contribution is -2.39. The van der Waals surface area contributed by atoms with E-state index < -0.39 is 0 Å². The van der Waals surface area contributed by atoms with Gasteiger partial charge in [0.1, 0.15) is 0 Å². The van der Waals surface area contributed by atoms with E-state index in [1.54, 1.807) is 0 Å². The summed E-state index contributed by atoms with van der Waals surface area (Å²) in [4.78, 5) is 0. The summed E-state index contributed by atoms with van der Waals surface area (Å²) in [7, 11) is 0. The SMILES string of the molecule is CCCC(CNC(C)(C)C)Cc1ccc(C(C)C)cc1. The molecule has 1 nitrogen and oxygen atoms in total. The predicted molar refractivity (Wildman–Crippen MR) is 90.4 cm³/mol. The monoisotopic (exact) mass is 275 g/mol. The molecule has 114 valence electrons. The average Bonchev–Trinajstić information content (AvgIpc) is 2.36. The molecular formula is C19H33N. The minimum absolute atomic E-state index is 0.216. The van der Waals surface area contributed by atoms with Gasteiger partial charge in [-0.05, 0) is 63.1 Å². The third-order valence-corrected chi connectivity index (χ3v) is 3.79. The van der Waals surface area contributed by atoms with Crippen LogP contribution in [0.5, 0.6) is 0 Å². The third kappa shape index (κ3) is 6.56. The first kappa shape index (κ1) is 17.2. The van der Waals surface area contributed by atoms with Crippen molar-refractivity contribution in [2.24, 2.45) is 5.92 Å². The Bertz CT molecular complexity index is 370. The molecule has 0 aromatic heterocycles. The standard InChI is InChI=1S/C19H33N/c1-7-8-17(14-20-19(4,5)6)13-16-9-11-18(12-10-16)15(2)3/h9-12,15,17,20H,7-8,13-14H2,1-6H3. The van der Waals surface area contributed by atoms with Gasteiger partial charge in [-0.15, -0.1) is 0 Å². The Hall–Kier alpha value is -0.820. The molecule has 1 rings (SSSR count). The second-order valence-electron chi connectivity index (χ2n) is 7.39. The number of benzene rings is 1. The van der Waals surface area contributed by atoms with Gasteiger partial charge in [0, 0.05) is 5.54 Å². The molecule has 1 heteroatoms.